The molecule has 2 aromatic heterocycles. The predicted octanol–water partition coefficient (Wildman–Crippen LogP) is 3.77. The van der Waals surface area contributed by atoms with Gasteiger partial charge >= 0.3 is 0 Å². The Hall–Kier alpha value is -3.04. The van der Waals surface area contributed by atoms with Gasteiger partial charge in [-0.3, -0.25) is 18.9 Å². The zero-order valence-corrected chi connectivity index (χ0v) is 17.0. The number of thioether (sulfide) groups is 1. The molecule has 0 radical (unpaired) electrons. The van der Waals surface area contributed by atoms with E-state index in [0.717, 1.165) is 17.3 Å². The fraction of sp³-hybridized carbons (Fsp3) is 0.100. The van der Waals surface area contributed by atoms with Crippen LogP contribution < -0.4 is 10.3 Å². The third-order valence-electron chi connectivity index (χ3n) is 4.35. The molecular formula is C20H14FN3O3S2. The van der Waals surface area contributed by atoms with Crippen molar-refractivity contribution in [3.8, 4) is 11.6 Å². The Labute approximate surface area is 174 Å². The van der Waals surface area contributed by atoms with Crippen molar-refractivity contribution in [1.82, 2.24) is 14.3 Å². The van der Waals surface area contributed by atoms with Crippen LogP contribution in [0.15, 0.2) is 52.3 Å². The quantitative estimate of drug-likeness (QED) is 0.468. The first-order chi connectivity index (χ1) is 13.9. The van der Waals surface area contributed by atoms with Crippen molar-refractivity contribution in [1.29, 1.82) is 0 Å². The highest BCUT2D eigenvalue weighted by Crippen LogP contribution is 2.33. The molecule has 1 aliphatic rings. The summed E-state index contributed by atoms with van der Waals surface area (Å²) in [7, 11) is 1.56. The molecule has 146 valence electrons. The van der Waals surface area contributed by atoms with Gasteiger partial charge in [0.25, 0.3) is 11.5 Å². The van der Waals surface area contributed by atoms with Crippen LogP contribution in [0, 0.1) is 12.7 Å². The van der Waals surface area contributed by atoms with Gasteiger partial charge in [-0.15, -0.1) is 0 Å². The van der Waals surface area contributed by atoms with Crippen molar-refractivity contribution in [3.63, 3.8) is 0 Å². The minimum Gasteiger partial charge on any atom is -0.435 e. The smallest absolute Gasteiger partial charge is 0.269 e. The lowest BCUT2D eigenvalue weighted by atomic mass is 10.2. The molecule has 6 nitrogen and oxygen atoms in total. The molecule has 0 aliphatic carbocycles. The molecule has 3 heterocycles. The fourth-order valence-corrected chi connectivity index (χ4v) is 3.96. The second-order valence-electron chi connectivity index (χ2n) is 6.29. The van der Waals surface area contributed by atoms with Crippen molar-refractivity contribution >= 4 is 45.9 Å². The number of hydrogen-bond acceptors (Lipinski definition) is 6. The highest BCUT2D eigenvalue weighted by Gasteiger charge is 2.30. The first-order valence-corrected chi connectivity index (χ1v) is 9.75. The summed E-state index contributed by atoms with van der Waals surface area (Å²) in [6.45, 7) is 1.80. The number of aryl methyl sites for hydroxylation is 1. The van der Waals surface area contributed by atoms with E-state index in [0.29, 0.717) is 9.97 Å². The number of aromatic nitrogens is 2. The third-order valence-corrected chi connectivity index (χ3v) is 5.84. The maximum absolute atomic E-state index is 14.1. The molecule has 0 saturated carbocycles. The standard InChI is InChI=1S/C20H14FN3O3S2/c1-11-6-5-9-24-16(11)22-17(27-14-8-4-3-7-13(14)21)12(18(24)25)10-15-19(26)23(2)20(28)29-15/h3-10H,1-2H3/b15-10-. The van der Waals surface area contributed by atoms with Crippen LogP contribution in [0.2, 0.25) is 0 Å². The molecule has 0 unspecified atom stereocenters. The molecule has 1 aliphatic heterocycles. The van der Waals surface area contributed by atoms with Gasteiger partial charge < -0.3 is 4.74 Å². The lowest BCUT2D eigenvalue weighted by molar-refractivity contribution is -0.121. The van der Waals surface area contributed by atoms with Crippen molar-refractivity contribution in [2.45, 2.75) is 6.92 Å². The van der Waals surface area contributed by atoms with Gasteiger partial charge in [0.1, 0.15) is 15.5 Å². The van der Waals surface area contributed by atoms with Gasteiger partial charge in [-0.05, 0) is 36.8 Å². The molecule has 1 saturated heterocycles. The Bertz CT molecular complexity index is 1270. The number of pyridine rings is 1. The van der Waals surface area contributed by atoms with Gasteiger partial charge in [-0.25, -0.2) is 4.39 Å². The summed E-state index contributed by atoms with van der Waals surface area (Å²) < 4.78 is 21.5. The van der Waals surface area contributed by atoms with E-state index in [1.807, 2.05) is 0 Å². The number of benzene rings is 1. The fourth-order valence-electron chi connectivity index (χ4n) is 2.80. The van der Waals surface area contributed by atoms with E-state index >= 15 is 0 Å². The van der Waals surface area contributed by atoms with Crippen LogP contribution in [0.3, 0.4) is 0 Å². The molecule has 4 rings (SSSR count). The zero-order chi connectivity index (χ0) is 20.7. The molecule has 0 atom stereocenters. The van der Waals surface area contributed by atoms with Crippen LogP contribution >= 0.6 is 24.0 Å². The number of rotatable bonds is 3. The molecule has 0 bridgehead atoms. The molecule has 1 aromatic carbocycles. The maximum Gasteiger partial charge on any atom is 0.269 e. The number of nitrogens with zero attached hydrogens (tertiary/aromatic N) is 3. The molecule has 3 aromatic rings. The Morgan fingerprint density at radius 1 is 1.21 bits per heavy atom. The molecule has 0 N–H and O–H groups in total. The predicted molar refractivity (Wildman–Crippen MR) is 114 cm³/mol. The van der Waals surface area contributed by atoms with E-state index in [9.17, 15) is 14.0 Å². The van der Waals surface area contributed by atoms with Crippen LogP contribution in [0.4, 0.5) is 4.39 Å². The molecule has 1 fully saturated rings. The number of ether oxygens (including phenoxy) is 1. The van der Waals surface area contributed by atoms with Gasteiger partial charge in [0.15, 0.2) is 11.6 Å². The Morgan fingerprint density at radius 2 is 1.97 bits per heavy atom. The number of carbonyl (C=O) groups is 1. The molecular weight excluding hydrogens is 413 g/mol. The highest BCUT2D eigenvalue weighted by atomic mass is 32.2. The zero-order valence-electron chi connectivity index (χ0n) is 15.4. The lowest BCUT2D eigenvalue weighted by Crippen LogP contribution is -2.23. The van der Waals surface area contributed by atoms with E-state index in [2.05, 4.69) is 4.98 Å². The lowest BCUT2D eigenvalue weighted by Gasteiger charge is -2.11. The van der Waals surface area contributed by atoms with Crippen molar-refractivity contribution in [2.75, 3.05) is 7.05 Å². The Kier molecular flexibility index (Phi) is 4.93. The van der Waals surface area contributed by atoms with Gasteiger partial charge in [0.2, 0.25) is 5.88 Å². The van der Waals surface area contributed by atoms with Crippen LogP contribution in [-0.4, -0.2) is 31.6 Å². The number of para-hydroxylation sites is 1. The number of carbonyl (C=O) groups excluding carboxylic acids is 1. The number of hydrogen-bond donors (Lipinski definition) is 0. The average Bonchev–Trinajstić information content (AvgIpc) is 2.94. The summed E-state index contributed by atoms with van der Waals surface area (Å²) in [4.78, 5) is 31.6. The van der Waals surface area contributed by atoms with Gasteiger partial charge in [-0.2, -0.15) is 4.98 Å². The largest absolute Gasteiger partial charge is 0.435 e. The maximum atomic E-state index is 14.1. The van der Waals surface area contributed by atoms with E-state index in [1.165, 1.54) is 33.6 Å². The summed E-state index contributed by atoms with van der Waals surface area (Å²) in [6, 6.07) is 9.35. The summed E-state index contributed by atoms with van der Waals surface area (Å²) in [6.07, 6.45) is 2.97. The summed E-state index contributed by atoms with van der Waals surface area (Å²) in [5.41, 5.74) is 0.718. The van der Waals surface area contributed by atoms with Crippen molar-refractivity contribution in [3.05, 3.63) is 74.8 Å². The SMILES string of the molecule is Cc1cccn2c(=O)c(/C=C3\SC(=S)N(C)C3=O)c(Oc3ccccc3F)nc12. The topological polar surface area (TPSA) is 63.9 Å². The van der Waals surface area contributed by atoms with Gasteiger partial charge in [0.05, 0.1) is 4.91 Å². The summed E-state index contributed by atoms with van der Waals surface area (Å²) in [5.74, 6) is -1.08. The van der Waals surface area contributed by atoms with Crippen molar-refractivity contribution < 1.29 is 13.9 Å². The highest BCUT2D eigenvalue weighted by molar-refractivity contribution is 8.26. The molecule has 29 heavy (non-hydrogen) atoms. The number of thiocarbonyl (C=S) groups is 1. The van der Waals surface area contributed by atoms with E-state index < -0.39 is 11.4 Å². The van der Waals surface area contributed by atoms with Crippen LogP contribution in [-0.2, 0) is 4.79 Å². The van der Waals surface area contributed by atoms with Gasteiger partial charge in [-0.1, -0.05) is 42.2 Å². The van der Waals surface area contributed by atoms with Crippen LogP contribution in [0.25, 0.3) is 11.7 Å². The minimum absolute atomic E-state index is 0.0327. The molecule has 9 heteroatoms. The van der Waals surface area contributed by atoms with Crippen LogP contribution in [0.1, 0.15) is 11.1 Å². The monoisotopic (exact) mass is 427 g/mol. The van der Waals surface area contributed by atoms with E-state index in [1.54, 1.807) is 38.4 Å². The second kappa shape index (κ2) is 7.41. The van der Waals surface area contributed by atoms with Gasteiger partial charge in [0, 0.05) is 13.2 Å². The number of halogens is 1. The normalized spacial score (nSPS) is 15.6. The molecule has 0 spiro atoms. The van der Waals surface area contributed by atoms with Crippen LogP contribution in [0.5, 0.6) is 11.6 Å². The summed E-state index contributed by atoms with van der Waals surface area (Å²) >= 11 is 6.22. The summed E-state index contributed by atoms with van der Waals surface area (Å²) in [5, 5.41) is 0. The first kappa shape index (κ1) is 19.3. The van der Waals surface area contributed by atoms with E-state index in [4.69, 9.17) is 17.0 Å². The molecule has 1 amide bonds. The number of amides is 1. The average molecular weight is 427 g/mol. The first-order valence-electron chi connectivity index (χ1n) is 8.52. The Morgan fingerprint density at radius 3 is 2.66 bits per heavy atom. The number of fused-ring (bicyclic) bond motifs is 1. The Balaban J connectivity index is 1.95. The second-order valence-corrected chi connectivity index (χ2v) is 7.97. The minimum atomic E-state index is -0.592. The number of likely N-dealkylation sites (N-methyl/N-ethyl adjacent to an activating group) is 1. The van der Waals surface area contributed by atoms with E-state index in [-0.39, 0.29) is 28.0 Å². The third kappa shape index (κ3) is 3.43. The van der Waals surface area contributed by atoms with Crippen molar-refractivity contribution in [2.24, 2.45) is 0 Å².